The first-order chi connectivity index (χ1) is 8.16. The number of nitrogens with zero attached hydrogens (tertiary/aromatic N) is 2. The summed E-state index contributed by atoms with van der Waals surface area (Å²) in [6.07, 6.45) is 3.98. The SMILES string of the molecule is Cc1ncc(CN(C)C(=O)[C@@H]2CCCNC2)s1.Cl.Cl. The van der Waals surface area contributed by atoms with E-state index in [0.29, 0.717) is 6.54 Å². The Morgan fingerprint density at radius 3 is 2.84 bits per heavy atom. The summed E-state index contributed by atoms with van der Waals surface area (Å²) in [4.78, 5) is 19.4. The van der Waals surface area contributed by atoms with Crippen LogP contribution in [-0.4, -0.2) is 35.9 Å². The Balaban J connectivity index is 0.00000162. The monoisotopic (exact) mass is 325 g/mol. The minimum atomic E-state index is 0. The van der Waals surface area contributed by atoms with Gasteiger partial charge in [0.2, 0.25) is 5.91 Å². The van der Waals surface area contributed by atoms with Gasteiger partial charge >= 0.3 is 0 Å². The first-order valence-corrected chi connectivity index (χ1v) is 6.85. The lowest BCUT2D eigenvalue weighted by Crippen LogP contribution is -2.41. The minimum absolute atomic E-state index is 0. The van der Waals surface area contributed by atoms with Gasteiger partial charge in [0.1, 0.15) is 0 Å². The fourth-order valence-corrected chi connectivity index (χ4v) is 3.01. The standard InChI is InChI=1S/C12H19N3OS.2ClH/c1-9-14-7-11(17-9)8-15(2)12(16)10-4-3-5-13-6-10;;/h7,10,13H,3-6,8H2,1-2H3;2*1H/t10-;;/m1../s1. The predicted octanol–water partition coefficient (Wildman–Crippen LogP) is 2.25. The van der Waals surface area contributed by atoms with E-state index in [0.717, 1.165) is 35.8 Å². The molecule has 19 heavy (non-hydrogen) atoms. The maximum absolute atomic E-state index is 12.2. The van der Waals surface area contributed by atoms with Crippen LogP contribution in [0.1, 0.15) is 22.7 Å². The van der Waals surface area contributed by atoms with E-state index >= 15 is 0 Å². The van der Waals surface area contributed by atoms with Gasteiger partial charge in [0.15, 0.2) is 0 Å². The summed E-state index contributed by atoms with van der Waals surface area (Å²) < 4.78 is 0. The van der Waals surface area contributed by atoms with Gasteiger partial charge in [-0.2, -0.15) is 0 Å². The molecule has 2 rings (SSSR count). The lowest BCUT2D eigenvalue weighted by Gasteiger charge is -2.26. The average molecular weight is 326 g/mol. The Morgan fingerprint density at radius 2 is 2.32 bits per heavy atom. The molecule has 0 aromatic carbocycles. The number of thiazole rings is 1. The van der Waals surface area contributed by atoms with Crippen molar-refractivity contribution < 1.29 is 4.79 Å². The molecule has 0 radical (unpaired) electrons. The van der Waals surface area contributed by atoms with Gasteiger partial charge in [0, 0.05) is 24.7 Å². The third-order valence-electron chi connectivity index (χ3n) is 3.08. The quantitative estimate of drug-likeness (QED) is 0.927. The number of aryl methyl sites for hydroxylation is 1. The number of hydrogen-bond donors (Lipinski definition) is 1. The van der Waals surface area contributed by atoms with Crippen molar-refractivity contribution in [3.8, 4) is 0 Å². The summed E-state index contributed by atoms with van der Waals surface area (Å²) >= 11 is 1.66. The van der Waals surface area contributed by atoms with Crippen molar-refractivity contribution in [1.82, 2.24) is 15.2 Å². The third-order valence-corrected chi connectivity index (χ3v) is 3.98. The van der Waals surface area contributed by atoms with Gasteiger partial charge in [-0.25, -0.2) is 4.98 Å². The zero-order valence-electron chi connectivity index (χ0n) is 11.2. The van der Waals surface area contributed by atoms with E-state index in [-0.39, 0.29) is 36.6 Å². The predicted molar refractivity (Wildman–Crippen MR) is 83.4 cm³/mol. The van der Waals surface area contributed by atoms with Crippen LogP contribution in [-0.2, 0) is 11.3 Å². The number of hydrogen-bond acceptors (Lipinski definition) is 4. The summed E-state index contributed by atoms with van der Waals surface area (Å²) in [5.41, 5.74) is 0. The van der Waals surface area contributed by atoms with Crippen LogP contribution in [0.2, 0.25) is 0 Å². The topological polar surface area (TPSA) is 45.2 Å². The highest BCUT2D eigenvalue weighted by atomic mass is 35.5. The molecule has 7 heteroatoms. The lowest BCUT2D eigenvalue weighted by molar-refractivity contribution is -0.135. The van der Waals surface area contributed by atoms with E-state index in [1.165, 1.54) is 0 Å². The zero-order chi connectivity index (χ0) is 12.3. The van der Waals surface area contributed by atoms with Crippen LogP contribution < -0.4 is 5.32 Å². The number of amides is 1. The number of aromatic nitrogens is 1. The second-order valence-corrected chi connectivity index (χ2v) is 5.90. The second-order valence-electron chi connectivity index (χ2n) is 4.58. The smallest absolute Gasteiger partial charge is 0.227 e. The molecule has 4 nitrogen and oxygen atoms in total. The fourth-order valence-electron chi connectivity index (χ4n) is 2.16. The highest BCUT2D eigenvalue weighted by Crippen LogP contribution is 2.17. The molecule has 0 spiro atoms. The molecule has 1 aliphatic heterocycles. The van der Waals surface area contributed by atoms with Crippen molar-refractivity contribution in [3.05, 3.63) is 16.1 Å². The Hall–Kier alpha value is -0.360. The van der Waals surface area contributed by atoms with Gasteiger partial charge in [-0.15, -0.1) is 36.2 Å². The molecule has 1 amide bonds. The molecule has 1 N–H and O–H groups in total. The summed E-state index contributed by atoms with van der Waals surface area (Å²) in [5.74, 6) is 0.408. The molecule has 1 saturated heterocycles. The maximum atomic E-state index is 12.2. The molecule has 1 aliphatic rings. The summed E-state index contributed by atoms with van der Waals surface area (Å²) in [6.45, 7) is 4.54. The van der Waals surface area contributed by atoms with Crippen LogP contribution >= 0.6 is 36.2 Å². The van der Waals surface area contributed by atoms with Gasteiger partial charge in [-0.3, -0.25) is 4.79 Å². The number of halogens is 2. The van der Waals surface area contributed by atoms with E-state index < -0.39 is 0 Å². The van der Waals surface area contributed by atoms with Gasteiger partial charge in [0.25, 0.3) is 0 Å². The zero-order valence-corrected chi connectivity index (χ0v) is 13.7. The largest absolute Gasteiger partial charge is 0.340 e. The molecule has 0 saturated carbocycles. The van der Waals surface area contributed by atoms with E-state index in [2.05, 4.69) is 10.3 Å². The third kappa shape index (κ3) is 5.26. The van der Waals surface area contributed by atoms with Crippen molar-refractivity contribution in [1.29, 1.82) is 0 Å². The first kappa shape index (κ1) is 18.6. The number of carbonyl (C=O) groups excluding carboxylic acids is 1. The molecule has 0 aliphatic carbocycles. The molecular weight excluding hydrogens is 305 g/mol. The Morgan fingerprint density at radius 1 is 1.58 bits per heavy atom. The molecule has 1 fully saturated rings. The average Bonchev–Trinajstić information content (AvgIpc) is 2.75. The van der Waals surface area contributed by atoms with Crippen molar-refractivity contribution >= 4 is 42.1 Å². The van der Waals surface area contributed by atoms with Crippen molar-refractivity contribution in [3.63, 3.8) is 0 Å². The van der Waals surface area contributed by atoms with Crippen LogP contribution in [0.25, 0.3) is 0 Å². The molecule has 110 valence electrons. The Labute approximate surface area is 130 Å². The van der Waals surface area contributed by atoms with Crippen molar-refractivity contribution in [2.24, 2.45) is 5.92 Å². The van der Waals surface area contributed by atoms with Gasteiger partial charge < -0.3 is 10.2 Å². The number of nitrogens with one attached hydrogen (secondary N) is 1. The summed E-state index contributed by atoms with van der Waals surface area (Å²) in [7, 11) is 1.88. The lowest BCUT2D eigenvalue weighted by atomic mass is 9.98. The molecule has 1 aromatic rings. The van der Waals surface area contributed by atoms with Crippen molar-refractivity contribution in [2.45, 2.75) is 26.3 Å². The van der Waals surface area contributed by atoms with Crippen LogP contribution in [0.15, 0.2) is 6.20 Å². The second kappa shape index (κ2) is 8.74. The normalized spacial score (nSPS) is 18.1. The molecule has 1 aromatic heterocycles. The highest BCUT2D eigenvalue weighted by molar-refractivity contribution is 7.11. The van der Waals surface area contributed by atoms with Crippen LogP contribution in [0.4, 0.5) is 0 Å². The van der Waals surface area contributed by atoms with Gasteiger partial charge in [0.05, 0.1) is 17.5 Å². The number of rotatable bonds is 3. The van der Waals surface area contributed by atoms with E-state index in [1.54, 1.807) is 11.3 Å². The molecule has 1 atom stereocenters. The molecular formula is C12H21Cl2N3OS. The van der Waals surface area contributed by atoms with E-state index in [1.807, 2.05) is 25.1 Å². The number of carbonyl (C=O) groups is 1. The summed E-state index contributed by atoms with van der Waals surface area (Å²) in [6, 6.07) is 0. The Bertz CT molecular complexity index is 394. The van der Waals surface area contributed by atoms with Crippen LogP contribution in [0, 0.1) is 12.8 Å². The van der Waals surface area contributed by atoms with E-state index in [4.69, 9.17) is 0 Å². The van der Waals surface area contributed by atoms with Crippen LogP contribution in [0.5, 0.6) is 0 Å². The van der Waals surface area contributed by atoms with E-state index in [9.17, 15) is 4.79 Å². The maximum Gasteiger partial charge on any atom is 0.227 e. The molecule has 0 unspecified atom stereocenters. The molecule has 2 heterocycles. The molecule has 0 bridgehead atoms. The minimum Gasteiger partial charge on any atom is -0.340 e. The fraction of sp³-hybridized carbons (Fsp3) is 0.667. The summed E-state index contributed by atoms with van der Waals surface area (Å²) in [5, 5.41) is 4.34. The number of piperidine rings is 1. The highest BCUT2D eigenvalue weighted by Gasteiger charge is 2.24. The first-order valence-electron chi connectivity index (χ1n) is 6.04. The van der Waals surface area contributed by atoms with Crippen LogP contribution in [0.3, 0.4) is 0 Å². The Kier molecular flexibility index (Phi) is 8.57. The van der Waals surface area contributed by atoms with Gasteiger partial charge in [-0.1, -0.05) is 0 Å². The van der Waals surface area contributed by atoms with Gasteiger partial charge in [-0.05, 0) is 26.3 Å². The van der Waals surface area contributed by atoms with Crippen molar-refractivity contribution in [2.75, 3.05) is 20.1 Å².